The number of benzene rings is 1. The molecule has 204 valence electrons. The van der Waals surface area contributed by atoms with Gasteiger partial charge < -0.3 is 14.2 Å². The predicted molar refractivity (Wildman–Crippen MR) is 146 cm³/mol. The third kappa shape index (κ3) is 10.5. The van der Waals surface area contributed by atoms with E-state index in [1.54, 1.807) is 26.4 Å². The van der Waals surface area contributed by atoms with Gasteiger partial charge in [0.15, 0.2) is 5.79 Å². The summed E-state index contributed by atoms with van der Waals surface area (Å²) >= 11 is 0. The van der Waals surface area contributed by atoms with Gasteiger partial charge in [-0.1, -0.05) is 53.5 Å². The van der Waals surface area contributed by atoms with E-state index in [1.165, 1.54) is 7.11 Å². The van der Waals surface area contributed by atoms with Crippen LogP contribution in [0, 0.1) is 6.92 Å². The number of methoxy groups -OCH3 is 3. The van der Waals surface area contributed by atoms with Crippen LogP contribution in [0.25, 0.3) is 10.9 Å². The van der Waals surface area contributed by atoms with E-state index in [0.717, 1.165) is 55.1 Å². The summed E-state index contributed by atoms with van der Waals surface area (Å²) in [6, 6.07) is 7.21. The molecule has 1 aromatic carbocycles. The maximum absolute atomic E-state index is 12.6. The first kappa shape index (κ1) is 33.3. The lowest BCUT2D eigenvalue weighted by Crippen LogP contribution is -2.41. The largest absolute Gasteiger partial charge is 0.496 e. The quantitative estimate of drug-likeness (QED) is 0.205. The molecule has 0 saturated carbocycles. The molecular formula is C28H47N3O5. The molecule has 0 saturated heterocycles. The number of rotatable bonds is 12. The number of hydrogen-bond acceptors (Lipinski definition) is 6. The Hall–Kier alpha value is -2.71. The summed E-state index contributed by atoms with van der Waals surface area (Å²) in [6.45, 7) is 11.9. The van der Waals surface area contributed by atoms with Gasteiger partial charge in [-0.3, -0.25) is 25.4 Å². The summed E-state index contributed by atoms with van der Waals surface area (Å²) in [6.07, 6.45) is 5.55. The van der Waals surface area contributed by atoms with Gasteiger partial charge in [-0.2, -0.15) is 0 Å². The van der Waals surface area contributed by atoms with Crippen LogP contribution in [0.15, 0.2) is 24.3 Å². The second-order valence-electron chi connectivity index (χ2n) is 7.79. The summed E-state index contributed by atoms with van der Waals surface area (Å²) in [5, 5.41) is 0.821. The molecule has 2 rings (SSSR count). The van der Waals surface area contributed by atoms with Gasteiger partial charge >= 0.3 is 0 Å². The molecule has 0 aliphatic rings. The van der Waals surface area contributed by atoms with Gasteiger partial charge in [-0.05, 0) is 38.3 Å². The lowest BCUT2D eigenvalue weighted by atomic mass is 10.0. The summed E-state index contributed by atoms with van der Waals surface area (Å²) in [5.74, 6) is -0.780. The number of nitrogens with one attached hydrogen (secondary N) is 2. The molecular weight excluding hydrogens is 458 g/mol. The van der Waals surface area contributed by atoms with Gasteiger partial charge in [0.25, 0.3) is 5.91 Å². The van der Waals surface area contributed by atoms with E-state index in [2.05, 4.69) is 15.8 Å². The zero-order valence-electron chi connectivity index (χ0n) is 23.7. The van der Waals surface area contributed by atoms with Crippen LogP contribution in [-0.4, -0.2) is 43.9 Å². The highest BCUT2D eigenvalue weighted by Gasteiger charge is 2.26. The van der Waals surface area contributed by atoms with Crippen LogP contribution >= 0.6 is 0 Å². The smallest absolute Gasteiger partial charge is 0.273 e. The molecule has 2 N–H and O–H groups in total. The summed E-state index contributed by atoms with van der Waals surface area (Å²) < 4.78 is 16.3. The van der Waals surface area contributed by atoms with E-state index in [1.807, 2.05) is 53.7 Å². The number of carbonyl (C=O) groups excluding carboxylic acids is 2. The fourth-order valence-electron chi connectivity index (χ4n) is 3.64. The molecule has 0 spiro atoms. The molecule has 8 nitrogen and oxygen atoms in total. The topological polar surface area (TPSA) is 98.8 Å². The van der Waals surface area contributed by atoms with E-state index in [9.17, 15) is 9.59 Å². The zero-order valence-corrected chi connectivity index (χ0v) is 23.7. The number of unbranched alkanes of at least 4 members (excludes halogenated alkanes) is 3. The summed E-state index contributed by atoms with van der Waals surface area (Å²) in [7, 11) is 4.82. The van der Waals surface area contributed by atoms with Crippen LogP contribution in [0.1, 0.15) is 95.6 Å². The molecule has 1 aromatic heterocycles. The van der Waals surface area contributed by atoms with Gasteiger partial charge in [0, 0.05) is 44.2 Å². The van der Waals surface area contributed by atoms with Crippen molar-refractivity contribution in [3.8, 4) is 5.75 Å². The van der Waals surface area contributed by atoms with Crippen LogP contribution < -0.4 is 15.6 Å². The Morgan fingerprint density at radius 3 is 2.14 bits per heavy atom. The monoisotopic (exact) mass is 505 g/mol. The highest BCUT2D eigenvalue weighted by Crippen LogP contribution is 2.25. The first-order chi connectivity index (χ1) is 17.4. The molecule has 0 bridgehead atoms. The minimum atomic E-state index is -0.514. The number of hydrazine groups is 1. The zero-order chi connectivity index (χ0) is 27.6. The highest BCUT2D eigenvalue weighted by molar-refractivity contribution is 6.01. The fraction of sp³-hybridized carbons (Fsp3) is 0.607. The number of aromatic nitrogens is 1. The van der Waals surface area contributed by atoms with Crippen molar-refractivity contribution < 1.29 is 23.8 Å². The number of amides is 2. The van der Waals surface area contributed by atoms with Crippen molar-refractivity contribution in [2.24, 2.45) is 0 Å². The molecule has 8 heteroatoms. The molecule has 0 aliphatic carbocycles. The second kappa shape index (κ2) is 18.5. The van der Waals surface area contributed by atoms with Crippen molar-refractivity contribution in [2.45, 2.75) is 92.3 Å². The molecule has 0 atom stereocenters. The number of fused-ring (bicyclic) bond motifs is 1. The molecule has 0 unspecified atom stereocenters. The molecule has 36 heavy (non-hydrogen) atoms. The van der Waals surface area contributed by atoms with Crippen LogP contribution in [0.4, 0.5) is 0 Å². The lowest BCUT2D eigenvalue weighted by molar-refractivity contribution is -0.212. The van der Waals surface area contributed by atoms with Crippen molar-refractivity contribution >= 4 is 22.7 Å². The maximum Gasteiger partial charge on any atom is 0.273 e. The van der Waals surface area contributed by atoms with E-state index in [-0.39, 0.29) is 5.91 Å². The third-order valence-electron chi connectivity index (χ3n) is 5.70. The first-order valence-electron chi connectivity index (χ1n) is 13.0. The minimum absolute atomic E-state index is 0.230. The number of aryl methyl sites for hydroxylation is 1. The molecule has 2 amide bonds. The SMILES string of the molecule is CC.CC.CCC(CCCCCCC(=O)NNC(=O)c1cc2ccc(C)nc2cc1OC)(OC)OC. The van der Waals surface area contributed by atoms with Crippen LogP contribution in [0.5, 0.6) is 5.75 Å². The van der Waals surface area contributed by atoms with Crippen molar-refractivity contribution in [2.75, 3.05) is 21.3 Å². The average Bonchev–Trinajstić information content (AvgIpc) is 2.93. The average molecular weight is 506 g/mol. The van der Waals surface area contributed by atoms with Crippen molar-refractivity contribution in [3.63, 3.8) is 0 Å². The van der Waals surface area contributed by atoms with E-state index in [4.69, 9.17) is 14.2 Å². The van der Waals surface area contributed by atoms with Gasteiger partial charge in [-0.25, -0.2) is 0 Å². The normalized spacial score (nSPS) is 10.5. The standard InChI is InChI=1S/C24H35N3O5.2C2H6/c1-6-24(31-4,32-5)14-10-8-7-9-11-22(28)26-27-23(29)19-15-18-13-12-17(2)25-20(18)16-21(19)30-3;2*1-2/h12-13,15-16H,6-11,14H2,1-5H3,(H,26,28)(H,27,29);2*1-2H3. The Morgan fingerprint density at radius 2 is 1.56 bits per heavy atom. The van der Waals surface area contributed by atoms with E-state index in [0.29, 0.717) is 17.7 Å². The Morgan fingerprint density at radius 1 is 0.917 bits per heavy atom. The Labute approximate surface area is 217 Å². The number of pyridine rings is 1. The minimum Gasteiger partial charge on any atom is -0.496 e. The number of carbonyl (C=O) groups is 2. The molecule has 0 aliphatic heterocycles. The third-order valence-corrected chi connectivity index (χ3v) is 5.70. The van der Waals surface area contributed by atoms with Gasteiger partial charge in [0.1, 0.15) is 5.75 Å². The van der Waals surface area contributed by atoms with Crippen molar-refractivity contribution in [1.29, 1.82) is 0 Å². The number of ether oxygens (including phenoxy) is 3. The summed E-state index contributed by atoms with van der Waals surface area (Å²) in [5.41, 5.74) is 6.92. The first-order valence-corrected chi connectivity index (χ1v) is 13.0. The van der Waals surface area contributed by atoms with Gasteiger partial charge in [0.05, 0.1) is 18.2 Å². The van der Waals surface area contributed by atoms with Gasteiger partial charge in [-0.15, -0.1) is 0 Å². The molecule has 0 fully saturated rings. The molecule has 0 radical (unpaired) electrons. The van der Waals surface area contributed by atoms with E-state index >= 15 is 0 Å². The summed E-state index contributed by atoms with van der Waals surface area (Å²) in [4.78, 5) is 29.1. The Bertz CT molecular complexity index is 905. The highest BCUT2D eigenvalue weighted by atomic mass is 16.7. The fourth-order valence-corrected chi connectivity index (χ4v) is 3.64. The van der Waals surface area contributed by atoms with Crippen LogP contribution in [-0.2, 0) is 14.3 Å². The Balaban J connectivity index is 0.00000291. The van der Waals surface area contributed by atoms with Crippen molar-refractivity contribution in [1.82, 2.24) is 15.8 Å². The van der Waals surface area contributed by atoms with Gasteiger partial charge in [0.2, 0.25) is 5.91 Å². The molecule has 2 aromatic rings. The van der Waals surface area contributed by atoms with Crippen molar-refractivity contribution in [3.05, 3.63) is 35.5 Å². The predicted octanol–water partition coefficient (Wildman–Crippen LogP) is 6.10. The number of hydrogen-bond donors (Lipinski definition) is 2. The number of nitrogens with zero attached hydrogens (tertiary/aromatic N) is 1. The lowest BCUT2D eigenvalue weighted by Gasteiger charge is -2.29. The van der Waals surface area contributed by atoms with E-state index < -0.39 is 11.7 Å². The maximum atomic E-state index is 12.6. The van der Waals surface area contributed by atoms with Crippen LogP contribution in [0.2, 0.25) is 0 Å². The van der Waals surface area contributed by atoms with Crippen LogP contribution in [0.3, 0.4) is 0 Å². The second-order valence-corrected chi connectivity index (χ2v) is 7.79. The molecule has 1 heterocycles. The Kier molecular flexibility index (Phi) is 17.1.